The molecule has 6 heteroatoms. The Morgan fingerprint density at radius 2 is 1.30 bits per heavy atom. The van der Waals surface area contributed by atoms with Crippen LogP contribution in [0.25, 0.3) is 0 Å². The van der Waals surface area contributed by atoms with Gasteiger partial charge in [-0.3, -0.25) is 0 Å². The Bertz CT molecular complexity index is 337. The van der Waals surface area contributed by atoms with E-state index < -0.39 is 17.1 Å². The largest absolute Gasteiger partial charge is 0.414 e. The highest BCUT2D eigenvalue weighted by Crippen LogP contribution is 2.44. The van der Waals surface area contributed by atoms with Crippen molar-refractivity contribution in [3.05, 3.63) is 0 Å². The van der Waals surface area contributed by atoms with E-state index in [1.165, 1.54) is 0 Å². The number of hydrogen-bond acceptors (Lipinski definition) is 4. The van der Waals surface area contributed by atoms with Crippen LogP contribution in [0.3, 0.4) is 0 Å². The molecule has 0 amide bonds. The van der Waals surface area contributed by atoms with Crippen LogP contribution in [0.5, 0.6) is 0 Å². The Balaban J connectivity index is 3.20. The highest BCUT2D eigenvalue weighted by atomic mass is 28.5. The molecule has 0 N–H and O–H groups in total. The normalized spacial score (nSPS) is 20.5. The van der Waals surface area contributed by atoms with Crippen molar-refractivity contribution < 1.29 is 17.7 Å². The number of rotatable bonds is 9. The lowest BCUT2D eigenvalue weighted by Gasteiger charge is -2.48. The minimum absolute atomic E-state index is 0.175. The van der Waals surface area contributed by atoms with Gasteiger partial charge in [0.05, 0.1) is 12.7 Å². The minimum Gasteiger partial charge on any atom is -0.414 e. The van der Waals surface area contributed by atoms with Crippen molar-refractivity contribution in [2.45, 2.75) is 90.1 Å². The molecule has 1 aliphatic heterocycles. The third-order valence-corrected chi connectivity index (χ3v) is 15.4. The van der Waals surface area contributed by atoms with E-state index in [4.69, 9.17) is 17.7 Å². The fourth-order valence-corrected chi connectivity index (χ4v) is 14.9. The molecule has 1 aliphatic rings. The van der Waals surface area contributed by atoms with Crippen LogP contribution in [0.15, 0.2) is 0 Å². The van der Waals surface area contributed by atoms with Crippen LogP contribution in [0.4, 0.5) is 0 Å². The van der Waals surface area contributed by atoms with E-state index in [1.54, 1.807) is 0 Å². The van der Waals surface area contributed by atoms with Crippen LogP contribution in [0.2, 0.25) is 22.2 Å². The first-order chi connectivity index (χ1) is 10.6. The fraction of sp³-hybridized carbons (Fsp3) is 1.00. The maximum Gasteiger partial charge on any atom is 0.335 e. The molecule has 1 fully saturated rings. The van der Waals surface area contributed by atoms with Crippen molar-refractivity contribution >= 4 is 17.1 Å². The third kappa shape index (κ3) is 4.47. The average molecular weight is 363 g/mol. The summed E-state index contributed by atoms with van der Waals surface area (Å²) in [6.07, 6.45) is 1.15. The fourth-order valence-electron chi connectivity index (χ4n) is 3.73. The second-order valence-electron chi connectivity index (χ2n) is 7.97. The number of hydrogen-bond donors (Lipinski definition) is 0. The lowest BCUT2D eigenvalue weighted by Crippen LogP contribution is -2.61. The van der Waals surface area contributed by atoms with E-state index in [0.29, 0.717) is 28.8 Å². The van der Waals surface area contributed by atoms with E-state index in [-0.39, 0.29) is 6.10 Å². The molecule has 1 rings (SSSR count). The summed E-state index contributed by atoms with van der Waals surface area (Å²) in [7, 11) is -2.98. The highest BCUT2D eigenvalue weighted by Gasteiger charge is 2.56. The smallest absolute Gasteiger partial charge is 0.335 e. The van der Waals surface area contributed by atoms with Crippen molar-refractivity contribution in [3.63, 3.8) is 0 Å². The zero-order chi connectivity index (χ0) is 17.8. The van der Waals surface area contributed by atoms with Gasteiger partial charge in [0.2, 0.25) is 0 Å². The van der Waals surface area contributed by atoms with Gasteiger partial charge in [0.1, 0.15) is 0 Å². The second kappa shape index (κ2) is 8.58. The first kappa shape index (κ1) is 21.3. The minimum atomic E-state index is -2.44. The Kier molecular flexibility index (Phi) is 7.95. The Morgan fingerprint density at radius 3 is 1.61 bits per heavy atom. The molecule has 0 spiro atoms. The van der Waals surface area contributed by atoms with Crippen molar-refractivity contribution in [2.75, 3.05) is 20.3 Å². The molecule has 1 heterocycles. The molecule has 0 aromatic heterocycles. The monoisotopic (exact) mass is 362 g/mol. The van der Waals surface area contributed by atoms with Crippen LogP contribution in [0, 0.1) is 0 Å². The van der Waals surface area contributed by atoms with Crippen LogP contribution < -0.4 is 0 Å². The van der Waals surface area contributed by atoms with Gasteiger partial charge in [0.15, 0.2) is 0 Å². The molecule has 0 aromatic carbocycles. The van der Waals surface area contributed by atoms with Crippen molar-refractivity contribution in [1.82, 2.24) is 0 Å². The first-order valence-corrected chi connectivity index (χ1v) is 13.1. The summed E-state index contributed by atoms with van der Waals surface area (Å²) in [6, 6.07) is 0. The second-order valence-corrected chi connectivity index (χ2v) is 16.9. The van der Waals surface area contributed by atoms with E-state index in [2.05, 4.69) is 55.4 Å². The summed E-state index contributed by atoms with van der Waals surface area (Å²) in [5.74, 6) is 0. The predicted octanol–water partition coefficient (Wildman–Crippen LogP) is 4.98. The Hall–Kier alpha value is 0.274. The van der Waals surface area contributed by atoms with Gasteiger partial charge in [0, 0.05) is 13.7 Å². The molecule has 0 bridgehead atoms. The number of ether oxygens (including phenoxy) is 1. The quantitative estimate of drug-likeness (QED) is 0.542. The van der Waals surface area contributed by atoms with E-state index in [1.807, 2.05) is 7.11 Å². The average Bonchev–Trinajstić information content (AvgIpc) is 2.94. The topological polar surface area (TPSA) is 36.9 Å². The third-order valence-electron chi connectivity index (χ3n) is 5.10. The molecule has 0 saturated carbocycles. The summed E-state index contributed by atoms with van der Waals surface area (Å²) < 4.78 is 25.4. The molecule has 4 nitrogen and oxygen atoms in total. The lowest BCUT2D eigenvalue weighted by atomic mass is 10.3. The molecule has 0 unspecified atom stereocenters. The van der Waals surface area contributed by atoms with Gasteiger partial charge in [-0.25, -0.2) is 0 Å². The first-order valence-electron chi connectivity index (χ1n) is 9.13. The standard InChI is InChI=1S/C17H38O4Si2/c1-13(2)22(18-9,14(3)4)21-23(15(5)6,16(7)8)20-17-10-11-19-12-17/h13-17H,10-12H2,1-9H3/t17-/m0/s1. The molecule has 0 aliphatic carbocycles. The molecular weight excluding hydrogens is 324 g/mol. The van der Waals surface area contributed by atoms with Gasteiger partial charge < -0.3 is 17.7 Å². The molecule has 138 valence electrons. The summed E-state index contributed by atoms with van der Waals surface area (Å²) in [6.45, 7) is 19.4. The zero-order valence-electron chi connectivity index (χ0n) is 16.6. The highest BCUT2D eigenvalue weighted by molar-refractivity contribution is 6.83. The van der Waals surface area contributed by atoms with Crippen LogP contribution >= 0.6 is 0 Å². The summed E-state index contributed by atoms with van der Waals surface area (Å²) in [4.78, 5) is 0. The predicted molar refractivity (Wildman–Crippen MR) is 100 cm³/mol. The van der Waals surface area contributed by atoms with Gasteiger partial charge >= 0.3 is 17.1 Å². The Labute approximate surface area is 145 Å². The van der Waals surface area contributed by atoms with Gasteiger partial charge in [-0.1, -0.05) is 55.4 Å². The van der Waals surface area contributed by atoms with E-state index in [9.17, 15) is 0 Å². The maximum absolute atomic E-state index is 7.06. The molecule has 0 radical (unpaired) electrons. The summed E-state index contributed by atoms with van der Waals surface area (Å²) in [5.41, 5.74) is 1.53. The molecule has 1 atom stereocenters. The van der Waals surface area contributed by atoms with Gasteiger partial charge in [0.25, 0.3) is 0 Å². The van der Waals surface area contributed by atoms with Crippen molar-refractivity contribution in [3.8, 4) is 0 Å². The van der Waals surface area contributed by atoms with Gasteiger partial charge in [-0.2, -0.15) is 0 Å². The molecule has 0 aromatic rings. The van der Waals surface area contributed by atoms with Crippen molar-refractivity contribution in [2.24, 2.45) is 0 Å². The lowest BCUT2D eigenvalue weighted by molar-refractivity contribution is 0.0990. The Morgan fingerprint density at radius 1 is 0.826 bits per heavy atom. The summed E-state index contributed by atoms with van der Waals surface area (Å²) in [5, 5.41) is 0. The van der Waals surface area contributed by atoms with Crippen LogP contribution in [-0.2, 0) is 17.7 Å². The van der Waals surface area contributed by atoms with Gasteiger partial charge in [-0.15, -0.1) is 0 Å². The maximum atomic E-state index is 7.06. The van der Waals surface area contributed by atoms with Crippen LogP contribution in [-0.4, -0.2) is 43.5 Å². The van der Waals surface area contributed by atoms with E-state index in [0.717, 1.165) is 13.0 Å². The molecular formula is C17H38O4Si2. The SMILES string of the molecule is CO[Si](O[Si](O[C@H]1CCOC1)(C(C)C)C(C)C)(C(C)C)C(C)C. The molecule has 1 saturated heterocycles. The van der Waals surface area contributed by atoms with E-state index >= 15 is 0 Å². The van der Waals surface area contributed by atoms with Gasteiger partial charge in [-0.05, 0) is 28.6 Å². The van der Waals surface area contributed by atoms with Crippen LogP contribution in [0.1, 0.15) is 61.8 Å². The summed E-state index contributed by atoms with van der Waals surface area (Å²) >= 11 is 0. The zero-order valence-corrected chi connectivity index (χ0v) is 18.6. The van der Waals surface area contributed by atoms with Crippen molar-refractivity contribution in [1.29, 1.82) is 0 Å². The molecule has 23 heavy (non-hydrogen) atoms.